The Kier molecular flexibility index (Phi) is 9.46. The summed E-state index contributed by atoms with van der Waals surface area (Å²) < 4.78 is 9.64. The summed E-state index contributed by atoms with van der Waals surface area (Å²) in [5.41, 5.74) is 0. The molecule has 0 bridgehead atoms. The molecule has 0 aromatic carbocycles. The summed E-state index contributed by atoms with van der Waals surface area (Å²) in [6, 6.07) is 0. The molecule has 0 aliphatic heterocycles. The molecular weight excluding hydrogens is 198 g/mol. The first kappa shape index (κ1) is 14.3. The maximum absolute atomic E-state index is 10.7. The van der Waals surface area contributed by atoms with E-state index in [1.165, 1.54) is 7.11 Å². The van der Waals surface area contributed by atoms with Gasteiger partial charge in [0, 0.05) is 13.2 Å². The van der Waals surface area contributed by atoms with E-state index in [9.17, 15) is 9.90 Å². The molecule has 0 aliphatic rings. The fourth-order valence-electron chi connectivity index (χ4n) is 0.938. The van der Waals surface area contributed by atoms with Crippen LogP contribution in [0.3, 0.4) is 0 Å². The van der Waals surface area contributed by atoms with Gasteiger partial charge in [-0.1, -0.05) is 13.3 Å². The molecule has 0 aliphatic carbocycles. The highest BCUT2D eigenvalue weighted by Gasteiger charge is 2.05. The van der Waals surface area contributed by atoms with E-state index in [1.54, 1.807) is 0 Å². The Morgan fingerprint density at radius 2 is 2.27 bits per heavy atom. The lowest BCUT2D eigenvalue weighted by molar-refractivity contribution is -0.139. The Balaban J connectivity index is 3.25. The quantitative estimate of drug-likeness (QED) is 0.419. The molecule has 0 aromatic heterocycles. The lowest BCUT2D eigenvalue weighted by atomic mass is 10.3. The first-order valence-corrected chi connectivity index (χ1v) is 5.24. The number of methoxy groups -OCH3 is 1. The third-order valence-corrected chi connectivity index (χ3v) is 1.83. The molecule has 5 nitrogen and oxygen atoms in total. The Bertz CT molecular complexity index is 164. The molecule has 0 fully saturated rings. The van der Waals surface area contributed by atoms with Crippen molar-refractivity contribution >= 4 is 5.97 Å². The van der Waals surface area contributed by atoms with E-state index in [2.05, 4.69) is 17.0 Å². The summed E-state index contributed by atoms with van der Waals surface area (Å²) in [4.78, 5) is 10.7. The molecule has 1 atom stereocenters. The second-order valence-corrected chi connectivity index (χ2v) is 3.29. The zero-order valence-corrected chi connectivity index (χ0v) is 9.49. The maximum Gasteiger partial charge on any atom is 0.319 e. The van der Waals surface area contributed by atoms with Crippen molar-refractivity contribution in [3.8, 4) is 0 Å². The van der Waals surface area contributed by atoms with Crippen LogP contribution in [-0.2, 0) is 14.3 Å². The summed E-state index contributed by atoms with van der Waals surface area (Å²) in [6.07, 6.45) is 1.51. The lowest BCUT2D eigenvalue weighted by Crippen LogP contribution is -2.34. The van der Waals surface area contributed by atoms with E-state index in [1.807, 2.05) is 0 Å². The number of hydrogen-bond donors (Lipinski definition) is 2. The number of rotatable bonds is 9. The van der Waals surface area contributed by atoms with Crippen molar-refractivity contribution in [1.29, 1.82) is 0 Å². The van der Waals surface area contributed by atoms with Gasteiger partial charge >= 0.3 is 5.97 Å². The van der Waals surface area contributed by atoms with Gasteiger partial charge in [0.25, 0.3) is 0 Å². The fourth-order valence-corrected chi connectivity index (χ4v) is 0.938. The first-order valence-electron chi connectivity index (χ1n) is 5.24. The van der Waals surface area contributed by atoms with Crippen molar-refractivity contribution in [2.45, 2.75) is 25.9 Å². The minimum Gasteiger partial charge on any atom is -0.468 e. The van der Waals surface area contributed by atoms with E-state index in [0.717, 1.165) is 12.8 Å². The molecule has 5 heteroatoms. The van der Waals surface area contributed by atoms with Crippen LogP contribution in [0.5, 0.6) is 0 Å². The largest absolute Gasteiger partial charge is 0.468 e. The minimum atomic E-state index is -0.577. The molecule has 0 aromatic rings. The van der Waals surface area contributed by atoms with Gasteiger partial charge in [0.2, 0.25) is 0 Å². The van der Waals surface area contributed by atoms with E-state index in [-0.39, 0.29) is 12.5 Å². The van der Waals surface area contributed by atoms with Crippen molar-refractivity contribution in [2.24, 2.45) is 0 Å². The number of unbranched alkanes of at least 4 members (excludes halogenated alkanes) is 1. The van der Waals surface area contributed by atoms with Crippen molar-refractivity contribution < 1.29 is 19.4 Å². The summed E-state index contributed by atoms with van der Waals surface area (Å²) in [5, 5.41) is 12.2. The monoisotopic (exact) mass is 219 g/mol. The molecule has 0 radical (unpaired) electrons. The Labute approximate surface area is 90.8 Å². The third kappa shape index (κ3) is 9.65. The molecule has 2 N–H and O–H groups in total. The van der Waals surface area contributed by atoms with Crippen molar-refractivity contribution in [1.82, 2.24) is 5.32 Å². The Morgan fingerprint density at radius 1 is 1.53 bits per heavy atom. The fraction of sp³-hybridized carbons (Fsp3) is 0.900. The number of ether oxygens (including phenoxy) is 2. The summed E-state index contributed by atoms with van der Waals surface area (Å²) in [6.45, 7) is 3.50. The topological polar surface area (TPSA) is 67.8 Å². The van der Waals surface area contributed by atoms with E-state index in [0.29, 0.717) is 19.8 Å². The van der Waals surface area contributed by atoms with Gasteiger partial charge < -0.3 is 19.9 Å². The summed E-state index contributed by atoms with van der Waals surface area (Å²) >= 11 is 0. The lowest BCUT2D eigenvalue weighted by Gasteiger charge is -2.11. The zero-order chi connectivity index (χ0) is 11.5. The van der Waals surface area contributed by atoms with Crippen molar-refractivity contribution in [2.75, 3.05) is 33.4 Å². The maximum atomic E-state index is 10.7. The average Bonchev–Trinajstić information content (AvgIpc) is 2.24. The molecule has 0 amide bonds. The zero-order valence-electron chi connectivity index (χ0n) is 9.49. The average molecular weight is 219 g/mol. The SMILES string of the molecule is CCCCOCC(O)CNCC(=O)OC. The second-order valence-electron chi connectivity index (χ2n) is 3.29. The van der Waals surface area contributed by atoms with Gasteiger partial charge in [0.05, 0.1) is 26.4 Å². The van der Waals surface area contributed by atoms with E-state index in [4.69, 9.17) is 4.74 Å². The molecule has 0 heterocycles. The highest BCUT2D eigenvalue weighted by Crippen LogP contribution is 1.90. The first-order chi connectivity index (χ1) is 7.20. The van der Waals surface area contributed by atoms with Gasteiger partial charge in [-0.2, -0.15) is 0 Å². The number of aliphatic hydroxyl groups is 1. The molecule has 0 spiro atoms. The summed E-state index contributed by atoms with van der Waals surface area (Å²) in [7, 11) is 1.33. The molecule has 0 saturated carbocycles. The van der Waals surface area contributed by atoms with Crippen LogP contribution in [0.1, 0.15) is 19.8 Å². The third-order valence-electron chi connectivity index (χ3n) is 1.83. The number of nitrogens with one attached hydrogen (secondary N) is 1. The molecule has 1 unspecified atom stereocenters. The second kappa shape index (κ2) is 9.89. The van der Waals surface area contributed by atoms with Gasteiger partial charge in [0.15, 0.2) is 0 Å². The van der Waals surface area contributed by atoms with Gasteiger partial charge in [-0.15, -0.1) is 0 Å². The van der Waals surface area contributed by atoms with Crippen LogP contribution in [0.4, 0.5) is 0 Å². The van der Waals surface area contributed by atoms with Gasteiger partial charge in [-0.05, 0) is 6.42 Å². The molecule has 15 heavy (non-hydrogen) atoms. The number of hydrogen-bond acceptors (Lipinski definition) is 5. The Morgan fingerprint density at radius 3 is 2.87 bits per heavy atom. The number of esters is 1. The van der Waals surface area contributed by atoms with Gasteiger partial charge in [-0.3, -0.25) is 4.79 Å². The predicted octanol–water partition coefficient (Wildman–Crippen LogP) is -0.0734. The van der Waals surface area contributed by atoms with Gasteiger partial charge in [-0.25, -0.2) is 0 Å². The van der Waals surface area contributed by atoms with Gasteiger partial charge in [0.1, 0.15) is 0 Å². The minimum absolute atomic E-state index is 0.114. The van der Waals surface area contributed by atoms with Crippen LogP contribution in [0.2, 0.25) is 0 Å². The van der Waals surface area contributed by atoms with Crippen LogP contribution in [0.15, 0.2) is 0 Å². The molecular formula is C10H21NO4. The smallest absolute Gasteiger partial charge is 0.319 e. The molecule has 0 rings (SSSR count). The highest BCUT2D eigenvalue weighted by atomic mass is 16.5. The van der Waals surface area contributed by atoms with E-state index < -0.39 is 6.10 Å². The highest BCUT2D eigenvalue weighted by molar-refractivity contribution is 5.71. The van der Waals surface area contributed by atoms with Crippen LogP contribution in [-0.4, -0.2) is 50.6 Å². The van der Waals surface area contributed by atoms with Crippen LogP contribution in [0.25, 0.3) is 0 Å². The summed E-state index contributed by atoms with van der Waals surface area (Å²) in [5.74, 6) is -0.339. The number of aliphatic hydroxyl groups excluding tert-OH is 1. The predicted molar refractivity (Wildman–Crippen MR) is 56.6 cm³/mol. The van der Waals surface area contributed by atoms with Crippen LogP contribution in [0, 0.1) is 0 Å². The van der Waals surface area contributed by atoms with Crippen LogP contribution >= 0.6 is 0 Å². The number of carbonyl (C=O) groups excluding carboxylic acids is 1. The molecule has 90 valence electrons. The normalized spacial score (nSPS) is 12.5. The van der Waals surface area contributed by atoms with E-state index >= 15 is 0 Å². The Hall–Kier alpha value is -0.650. The number of carbonyl (C=O) groups is 1. The molecule has 0 saturated heterocycles. The van der Waals surface area contributed by atoms with Crippen molar-refractivity contribution in [3.63, 3.8) is 0 Å². The standard InChI is InChI=1S/C10H21NO4/c1-3-4-5-15-8-9(12)6-11-7-10(13)14-2/h9,11-12H,3-8H2,1-2H3. The van der Waals surface area contributed by atoms with Crippen molar-refractivity contribution in [3.05, 3.63) is 0 Å². The van der Waals surface area contributed by atoms with Crippen LogP contribution < -0.4 is 5.32 Å².